The number of amides is 2. The monoisotopic (exact) mass is 471 g/mol. The van der Waals surface area contributed by atoms with Crippen LogP contribution in [0.25, 0.3) is 0 Å². The zero-order valence-corrected chi connectivity index (χ0v) is 19.4. The molecule has 9 nitrogen and oxygen atoms in total. The molecule has 0 aromatic heterocycles. The number of aliphatic carboxylic acids is 1. The normalized spacial score (nSPS) is 12.7. The highest BCUT2D eigenvalue weighted by atomic mass is 32.2. The Morgan fingerprint density at radius 2 is 1.91 bits per heavy atom. The van der Waals surface area contributed by atoms with E-state index >= 15 is 0 Å². The fourth-order valence-corrected chi connectivity index (χ4v) is 3.85. The highest BCUT2D eigenvalue weighted by molar-refractivity contribution is 7.99. The van der Waals surface area contributed by atoms with Crippen LogP contribution in [0.4, 0.5) is 5.69 Å². The van der Waals surface area contributed by atoms with Crippen molar-refractivity contribution in [3.63, 3.8) is 0 Å². The van der Waals surface area contributed by atoms with Gasteiger partial charge in [-0.25, -0.2) is 10.8 Å². The number of aliphatic imine (C=N–C) groups is 1. The molecule has 0 aliphatic carbocycles. The van der Waals surface area contributed by atoms with Gasteiger partial charge in [-0.3, -0.25) is 14.4 Å². The van der Waals surface area contributed by atoms with Gasteiger partial charge >= 0.3 is 5.97 Å². The maximum Gasteiger partial charge on any atom is 0.308 e. The van der Waals surface area contributed by atoms with E-state index < -0.39 is 29.7 Å². The average molecular weight is 472 g/mol. The first-order chi connectivity index (χ1) is 15.8. The zero-order chi connectivity index (χ0) is 24.2. The topological polar surface area (TPSA) is 146 Å². The highest BCUT2D eigenvalue weighted by Gasteiger charge is 2.25. The minimum atomic E-state index is -0.992. The Hall–Kier alpha value is -3.37. The summed E-state index contributed by atoms with van der Waals surface area (Å²) in [7, 11) is 0. The van der Waals surface area contributed by atoms with Crippen LogP contribution < -0.4 is 21.9 Å². The number of nitrogens with one attached hydrogen (secondary N) is 3. The summed E-state index contributed by atoms with van der Waals surface area (Å²) in [5.41, 5.74) is 4.30. The van der Waals surface area contributed by atoms with Gasteiger partial charge in [0.15, 0.2) is 0 Å². The van der Waals surface area contributed by atoms with Crippen LogP contribution in [0.2, 0.25) is 0 Å². The summed E-state index contributed by atoms with van der Waals surface area (Å²) in [5.74, 6) is 3.12. The SMILES string of the molecule is Cc1ccc(SCCC(NC(=O)CNC(=O)c2cccc(N=CNN)c2)C(C)C(=O)O)cc1. The Labute approximate surface area is 197 Å². The second kappa shape index (κ2) is 13.2. The number of carbonyl (C=O) groups is 3. The predicted molar refractivity (Wildman–Crippen MR) is 130 cm³/mol. The molecule has 0 radical (unpaired) electrons. The van der Waals surface area contributed by atoms with Gasteiger partial charge in [0.2, 0.25) is 5.91 Å². The molecule has 2 unspecified atom stereocenters. The Kier molecular flexibility index (Phi) is 10.4. The maximum absolute atomic E-state index is 12.4. The van der Waals surface area contributed by atoms with Gasteiger partial charge in [-0.15, -0.1) is 11.8 Å². The quantitative estimate of drug-likeness (QED) is 0.105. The number of hydrogen-bond donors (Lipinski definition) is 5. The molecule has 176 valence electrons. The molecule has 6 N–H and O–H groups in total. The van der Waals surface area contributed by atoms with E-state index in [9.17, 15) is 19.5 Å². The van der Waals surface area contributed by atoms with E-state index in [4.69, 9.17) is 5.84 Å². The lowest BCUT2D eigenvalue weighted by atomic mass is 10.00. The van der Waals surface area contributed by atoms with Gasteiger partial charge in [-0.2, -0.15) is 0 Å². The lowest BCUT2D eigenvalue weighted by Gasteiger charge is -2.22. The summed E-state index contributed by atoms with van der Waals surface area (Å²) < 4.78 is 0. The van der Waals surface area contributed by atoms with Crippen molar-refractivity contribution in [2.75, 3.05) is 12.3 Å². The molecule has 0 saturated carbocycles. The average Bonchev–Trinajstić information content (AvgIpc) is 2.81. The summed E-state index contributed by atoms with van der Waals surface area (Å²) in [6.07, 6.45) is 1.76. The third-order valence-electron chi connectivity index (χ3n) is 4.86. The molecule has 2 aromatic carbocycles. The number of rotatable bonds is 12. The number of carbonyl (C=O) groups excluding carboxylic acids is 2. The summed E-state index contributed by atoms with van der Waals surface area (Å²) >= 11 is 1.60. The third-order valence-corrected chi connectivity index (χ3v) is 5.91. The summed E-state index contributed by atoms with van der Waals surface area (Å²) in [4.78, 5) is 41.4. The van der Waals surface area contributed by atoms with Crippen molar-refractivity contribution in [3.8, 4) is 0 Å². The zero-order valence-electron chi connectivity index (χ0n) is 18.6. The number of nitrogens with zero attached hydrogens (tertiary/aromatic N) is 1. The maximum atomic E-state index is 12.4. The Morgan fingerprint density at radius 1 is 1.18 bits per heavy atom. The number of aryl methyl sites for hydroxylation is 1. The highest BCUT2D eigenvalue weighted by Crippen LogP contribution is 2.21. The van der Waals surface area contributed by atoms with Crippen LogP contribution in [0.5, 0.6) is 0 Å². The van der Waals surface area contributed by atoms with E-state index in [1.807, 2.05) is 31.2 Å². The van der Waals surface area contributed by atoms with Gasteiger partial charge in [-0.1, -0.05) is 23.8 Å². The lowest BCUT2D eigenvalue weighted by Crippen LogP contribution is -2.46. The molecule has 0 aliphatic heterocycles. The van der Waals surface area contributed by atoms with Gasteiger partial charge in [0.25, 0.3) is 5.91 Å². The number of hydrazine groups is 1. The van der Waals surface area contributed by atoms with Crippen molar-refractivity contribution in [1.82, 2.24) is 16.1 Å². The largest absolute Gasteiger partial charge is 0.481 e. The first kappa shape index (κ1) is 25.9. The van der Waals surface area contributed by atoms with Crippen molar-refractivity contribution >= 4 is 41.6 Å². The molecule has 0 aliphatic rings. The van der Waals surface area contributed by atoms with Crippen LogP contribution in [-0.4, -0.2) is 47.6 Å². The fourth-order valence-electron chi connectivity index (χ4n) is 2.92. The van der Waals surface area contributed by atoms with E-state index in [0.717, 1.165) is 10.5 Å². The van der Waals surface area contributed by atoms with E-state index in [2.05, 4.69) is 21.1 Å². The van der Waals surface area contributed by atoms with Crippen LogP contribution >= 0.6 is 11.8 Å². The summed E-state index contributed by atoms with van der Waals surface area (Å²) in [6, 6.07) is 14.0. The van der Waals surface area contributed by atoms with Crippen molar-refractivity contribution in [2.45, 2.75) is 31.2 Å². The van der Waals surface area contributed by atoms with Gasteiger partial charge in [0.05, 0.1) is 18.2 Å². The predicted octanol–water partition coefficient (Wildman–Crippen LogP) is 2.24. The second-order valence-electron chi connectivity index (χ2n) is 7.41. The molecule has 2 aromatic rings. The van der Waals surface area contributed by atoms with Gasteiger partial charge in [-0.05, 0) is 56.4 Å². The van der Waals surface area contributed by atoms with Crippen LogP contribution in [0, 0.1) is 12.8 Å². The summed E-state index contributed by atoms with van der Waals surface area (Å²) in [5, 5.41) is 14.7. The number of hydrogen-bond acceptors (Lipinski definition) is 6. The van der Waals surface area contributed by atoms with Crippen molar-refractivity contribution < 1.29 is 19.5 Å². The number of benzene rings is 2. The second-order valence-corrected chi connectivity index (χ2v) is 8.58. The van der Waals surface area contributed by atoms with Crippen molar-refractivity contribution in [1.29, 1.82) is 0 Å². The van der Waals surface area contributed by atoms with Gasteiger partial charge in [0, 0.05) is 16.5 Å². The van der Waals surface area contributed by atoms with Gasteiger partial charge < -0.3 is 21.2 Å². The molecule has 2 amide bonds. The molecule has 33 heavy (non-hydrogen) atoms. The molecule has 0 bridgehead atoms. The summed E-state index contributed by atoms with van der Waals surface area (Å²) in [6.45, 7) is 3.30. The standard InChI is InChI=1S/C23H29N5O4S/c1-15-6-8-19(9-7-15)33-11-10-20(16(2)23(31)32)28-21(29)13-25-22(30)17-4-3-5-18(12-17)26-14-27-24/h3-9,12,14,16,20H,10-11,13,24H2,1-2H3,(H,25,30)(H,26,27)(H,28,29)(H,31,32). The van der Waals surface area contributed by atoms with Crippen molar-refractivity contribution in [3.05, 3.63) is 59.7 Å². The first-order valence-corrected chi connectivity index (χ1v) is 11.4. The molecule has 10 heteroatoms. The Bertz CT molecular complexity index is 981. The first-order valence-electron chi connectivity index (χ1n) is 10.4. The van der Waals surface area contributed by atoms with E-state index in [1.54, 1.807) is 43.0 Å². The van der Waals surface area contributed by atoms with E-state index in [1.165, 1.54) is 6.34 Å². The van der Waals surface area contributed by atoms with E-state index in [-0.39, 0.29) is 6.54 Å². The number of thioether (sulfide) groups is 1. The van der Waals surface area contributed by atoms with Crippen LogP contribution in [-0.2, 0) is 9.59 Å². The molecule has 0 heterocycles. The minimum Gasteiger partial charge on any atom is -0.481 e. The molecule has 2 atom stereocenters. The smallest absolute Gasteiger partial charge is 0.308 e. The molecular formula is C23H29N5O4S. The van der Waals surface area contributed by atoms with Crippen LogP contribution in [0.15, 0.2) is 58.4 Å². The Balaban J connectivity index is 1.89. The number of carboxylic acid groups (broad SMARTS) is 1. The number of carboxylic acids is 1. The minimum absolute atomic E-state index is 0.273. The van der Waals surface area contributed by atoms with Crippen molar-refractivity contribution in [2.24, 2.45) is 16.8 Å². The Morgan fingerprint density at radius 3 is 2.58 bits per heavy atom. The molecule has 0 saturated heterocycles. The van der Waals surface area contributed by atoms with Gasteiger partial charge in [0.1, 0.15) is 6.34 Å². The lowest BCUT2D eigenvalue weighted by molar-refractivity contribution is -0.142. The molecule has 0 spiro atoms. The van der Waals surface area contributed by atoms with Crippen LogP contribution in [0.1, 0.15) is 29.3 Å². The molecular weight excluding hydrogens is 442 g/mol. The molecule has 0 fully saturated rings. The molecule has 2 rings (SSSR count). The van der Waals surface area contributed by atoms with Crippen LogP contribution in [0.3, 0.4) is 0 Å². The number of nitrogens with two attached hydrogens (primary N) is 1. The fraction of sp³-hybridized carbons (Fsp3) is 0.304. The third kappa shape index (κ3) is 8.95. The van der Waals surface area contributed by atoms with E-state index in [0.29, 0.717) is 23.4 Å².